The lowest BCUT2D eigenvalue weighted by atomic mass is 10.2. The molecule has 0 spiro atoms. The zero-order valence-corrected chi connectivity index (χ0v) is 12.7. The predicted octanol–water partition coefficient (Wildman–Crippen LogP) is 3.01. The van der Waals surface area contributed by atoms with Crippen molar-refractivity contribution in [1.29, 1.82) is 0 Å². The van der Waals surface area contributed by atoms with Crippen LogP contribution in [0.2, 0.25) is 0 Å². The van der Waals surface area contributed by atoms with Gasteiger partial charge < -0.3 is 10.5 Å². The normalized spacial score (nSPS) is 11.5. The van der Waals surface area contributed by atoms with Crippen LogP contribution in [0.4, 0.5) is 5.69 Å². The van der Waals surface area contributed by atoms with E-state index in [1.165, 1.54) is 12.1 Å². The van der Waals surface area contributed by atoms with Gasteiger partial charge in [0, 0.05) is 24.0 Å². The largest absolute Gasteiger partial charge is 0.455 e. The summed E-state index contributed by atoms with van der Waals surface area (Å²) in [5, 5.41) is 2.01. The average molecular weight is 314 g/mol. The minimum absolute atomic E-state index is 0.167. The summed E-state index contributed by atoms with van der Waals surface area (Å²) < 4.78 is 28.7. The van der Waals surface area contributed by atoms with Gasteiger partial charge in [0.15, 0.2) is 9.84 Å². The van der Waals surface area contributed by atoms with Crippen LogP contribution in [0.25, 0.3) is 10.8 Å². The maximum Gasteiger partial charge on any atom is 0.175 e. The third-order valence-electron chi connectivity index (χ3n) is 3.25. The molecular weight excluding hydrogens is 300 g/mol. The van der Waals surface area contributed by atoms with Crippen LogP contribution in [-0.2, 0) is 9.84 Å². The number of fused-ring (bicyclic) bond motifs is 1. The molecule has 0 radical (unpaired) electrons. The van der Waals surface area contributed by atoms with Gasteiger partial charge in [-0.1, -0.05) is 6.07 Å². The van der Waals surface area contributed by atoms with E-state index in [0.717, 1.165) is 17.0 Å². The highest BCUT2D eigenvalue weighted by molar-refractivity contribution is 7.90. The zero-order valence-electron chi connectivity index (χ0n) is 11.9. The second kappa shape index (κ2) is 5.31. The Balaban J connectivity index is 1.94. The number of hydrogen-bond acceptors (Lipinski definition) is 5. The molecule has 1 heterocycles. The Morgan fingerprint density at radius 2 is 1.86 bits per heavy atom. The number of pyridine rings is 1. The fourth-order valence-corrected chi connectivity index (χ4v) is 2.76. The van der Waals surface area contributed by atoms with Crippen LogP contribution in [0.3, 0.4) is 0 Å². The Labute approximate surface area is 128 Å². The number of sulfone groups is 1. The standard InChI is InChI=1S/C16H14N2O3S/c1-22(19,20)14-4-5-16(15(17)9-14)21-13-3-2-11-6-7-18-10-12(11)8-13/h2-10H,17H2,1H3. The van der Waals surface area contributed by atoms with Crippen LogP contribution >= 0.6 is 0 Å². The minimum Gasteiger partial charge on any atom is -0.455 e. The molecule has 6 heteroatoms. The van der Waals surface area contributed by atoms with Gasteiger partial charge in [-0.15, -0.1) is 0 Å². The maximum absolute atomic E-state index is 11.5. The fraction of sp³-hybridized carbons (Fsp3) is 0.0625. The number of nitrogen functional groups attached to an aromatic ring is 1. The smallest absolute Gasteiger partial charge is 0.175 e. The molecule has 5 nitrogen and oxygen atoms in total. The van der Waals surface area contributed by atoms with Gasteiger partial charge in [-0.25, -0.2) is 8.42 Å². The van der Waals surface area contributed by atoms with Crippen LogP contribution in [0.1, 0.15) is 0 Å². The second-order valence-corrected chi connectivity index (χ2v) is 6.97. The first-order valence-electron chi connectivity index (χ1n) is 6.55. The molecule has 0 aliphatic rings. The summed E-state index contributed by atoms with van der Waals surface area (Å²) in [6, 6.07) is 11.9. The van der Waals surface area contributed by atoms with Crippen LogP contribution in [0, 0.1) is 0 Å². The van der Waals surface area contributed by atoms with E-state index in [4.69, 9.17) is 10.5 Å². The van der Waals surface area contributed by atoms with Crippen molar-refractivity contribution in [2.45, 2.75) is 4.90 Å². The molecule has 0 atom stereocenters. The molecule has 0 aliphatic carbocycles. The van der Waals surface area contributed by atoms with Gasteiger partial charge >= 0.3 is 0 Å². The van der Waals surface area contributed by atoms with Crippen molar-refractivity contribution in [2.24, 2.45) is 0 Å². The molecule has 112 valence electrons. The first-order chi connectivity index (χ1) is 10.4. The number of rotatable bonds is 3. The van der Waals surface area contributed by atoms with E-state index >= 15 is 0 Å². The Morgan fingerprint density at radius 3 is 2.59 bits per heavy atom. The highest BCUT2D eigenvalue weighted by atomic mass is 32.2. The third-order valence-corrected chi connectivity index (χ3v) is 4.36. The number of hydrogen-bond donors (Lipinski definition) is 1. The van der Waals surface area contributed by atoms with Crippen molar-refractivity contribution >= 4 is 26.3 Å². The van der Waals surface area contributed by atoms with E-state index in [1.54, 1.807) is 18.5 Å². The molecule has 0 amide bonds. The maximum atomic E-state index is 11.5. The molecule has 2 aromatic carbocycles. The van der Waals surface area contributed by atoms with Crippen molar-refractivity contribution in [1.82, 2.24) is 4.98 Å². The molecule has 0 saturated heterocycles. The van der Waals surface area contributed by atoms with E-state index in [1.807, 2.05) is 24.3 Å². The highest BCUT2D eigenvalue weighted by Crippen LogP contribution is 2.31. The zero-order chi connectivity index (χ0) is 15.7. The number of ether oxygens (including phenoxy) is 1. The Hall–Kier alpha value is -2.60. The number of aromatic nitrogens is 1. The first kappa shape index (κ1) is 14.3. The summed E-state index contributed by atoms with van der Waals surface area (Å²) >= 11 is 0. The fourth-order valence-electron chi connectivity index (χ4n) is 2.10. The highest BCUT2D eigenvalue weighted by Gasteiger charge is 2.11. The molecule has 22 heavy (non-hydrogen) atoms. The van der Waals surface area contributed by atoms with E-state index in [0.29, 0.717) is 11.5 Å². The van der Waals surface area contributed by atoms with Crippen LogP contribution in [0.5, 0.6) is 11.5 Å². The number of nitrogens with two attached hydrogens (primary N) is 1. The summed E-state index contributed by atoms with van der Waals surface area (Å²) in [6.07, 6.45) is 4.61. The van der Waals surface area contributed by atoms with Crippen LogP contribution in [-0.4, -0.2) is 19.7 Å². The third kappa shape index (κ3) is 2.87. The SMILES string of the molecule is CS(=O)(=O)c1ccc(Oc2ccc3ccncc3c2)c(N)c1. The molecule has 0 saturated carbocycles. The average Bonchev–Trinajstić information content (AvgIpc) is 2.48. The summed E-state index contributed by atoms with van der Waals surface area (Å²) in [5.74, 6) is 1.02. The molecule has 2 N–H and O–H groups in total. The molecule has 1 aromatic heterocycles. The van der Waals surface area contributed by atoms with Gasteiger partial charge in [0.25, 0.3) is 0 Å². The lowest BCUT2D eigenvalue weighted by molar-refractivity contribution is 0.485. The summed E-state index contributed by atoms with van der Waals surface area (Å²) in [4.78, 5) is 4.24. The Kier molecular flexibility index (Phi) is 3.46. The number of nitrogens with zero attached hydrogens (tertiary/aromatic N) is 1. The molecule has 0 aliphatic heterocycles. The van der Waals surface area contributed by atoms with Gasteiger partial charge in [-0.2, -0.15) is 0 Å². The topological polar surface area (TPSA) is 82.3 Å². The van der Waals surface area contributed by atoms with E-state index in [-0.39, 0.29) is 10.6 Å². The van der Waals surface area contributed by atoms with Gasteiger partial charge in [0.05, 0.1) is 10.6 Å². The summed E-state index contributed by atoms with van der Waals surface area (Å²) in [6.45, 7) is 0. The van der Waals surface area contributed by atoms with E-state index in [9.17, 15) is 8.42 Å². The van der Waals surface area contributed by atoms with Gasteiger partial charge in [0.1, 0.15) is 11.5 Å². The first-order valence-corrected chi connectivity index (χ1v) is 8.44. The van der Waals surface area contributed by atoms with Crippen LogP contribution < -0.4 is 10.5 Å². The Morgan fingerprint density at radius 1 is 1.05 bits per heavy atom. The van der Waals surface area contributed by atoms with Gasteiger partial charge in [-0.05, 0) is 41.8 Å². The predicted molar refractivity (Wildman–Crippen MR) is 85.8 cm³/mol. The van der Waals surface area contributed by atoms with Crippen molar-refractivity contribution < 1.29 is 13.2 Å². The summed E-state index contributed by atoms with van der Waals surface area (Å²) in [7, 11) is -3.29. The molecular formula is C16H14N2O3S. The molecule has 0 bridgehead atoms. The lowest BCUT2D eigenvalue weighted by Crippen LogP contribution is -1.99. The van der Waals surface area contributed by atoms with E-state index in [2.05, 4.69) is 4.98 Å². The van der Waals surface area contributed by atoms with Gasteiger partial charge in [-0.3, -0.25) is 4.98 Å². The van der Waals surface area contributed by atoms with Crippen molar-refractivity contribution in [2.75, 3.05) is 12.0 Å². The molecule has 3 rings (SSSR count). The molecule has 0 fully saturated rings. The minimum atomic E-state index is -3.29. The summed E-state index contributed by atoms with van der Waals surface area (Å²) in [5.41, 5.74) is 6.15. The van der Waals surface area contributed by atoms with E-state index < -0.39 is 9.84 Å². The quantitative estimate of drug-likeness (QED) is 0.751. The second-order valence-electron chi connectivity index (χ2n) is 4.96. The van der Waals surface area contributed by atoms with Crippen molar-refractivity contribution in [3.8, 4) is 11.5 Å². The lowest BCUT2D eigenvalue weighted by Gasteiger charge is -2.10. The molecule has 0 unspecified atom stereocenters. The number of benzene rings is 2. The van der Waals surface area contributed by atoms with Crippen LogP contribution in [0.15, 0.2) is 59.8 Å². The van der Waals surface area contributed by atoms with Gasteiger partial charge in [0.2, 0.25) is 0 Å². The molecule has 3 aromatic rings. The number of anilines is 1. The Bertz CT molecular complexity index is 953. The monoisotopic (exact) mass is 314 g/mol. The van der Waals surface area contributed by atoms with Crippen molar-refractivity contribution in [3.63, 3.8) is 0 Å². The van der Waals surface area contributed by atoms with Crippen molar-refractivity contribution in [3.05, 3.63) is 54.9 Å².